The van der Waals surface area contributed by atoms with Crippen molar-refractivity contribution < 1.29 is 0 Å². The second-order valence-corrected chi connectivity index (χ2v) is 2.26. The molecular weight excluding hydrogens is 122 g/mol. The van der Waals surface area contributed by atoms with E-state index in [9.17, 15) is 0 Å². The Balaban J connectivity index is 2.84. The molecule has 0 amide bonds. The highest BCUT2D eigenvalue weighted by Gasteiger charge is 1.92. The van der Waals surface area contributed by atoms with Gasteiger partial charge in [0.1, 0.15) is 5.00 Å². The molecule has 1 heterocycles. The van der Waals surface area contributed by atoms with Gasteiger partial charge < -0.3 is 11.5 Å². The first kappa shape index (κ1) is 5.53. The Morgan fingerprint density at radius 1 is 1.75 bits per heavy atom. The number of hydrogen-bond acceptors (Lipinski definition) is 4. The van der Waals surface area contributed by atoms with Crippen LogP contribution in [0.1, 0.15) is 5.69 Å². The van der Waals surface area contributed by atoms with E-state index in [1.165, 1.54) is 11.5 Å². The van der Waals surface area contributed by atoms with Crippen molar-refractivity contribution in [3.63, 3.8) is 0 Å². The van der Waals surface area contributed by atoms with Crippen LogP contribution in [0, 0.1) is 0 Å². The van der Waals surface area contributed by atoms with E-state index in [0.717, 1.165) is 10.7 Å². The van der Waals surface area contributed by atoms with Gasteiger partial charge in [-0.05, 0) is 17.6 Å². The lowest BCUT2D eigenvalue weighted by Gasteiger charge is -1.78. The molecule has 1 rings (SSSR count). The lowest BCUT2D eigenvalue weighted by molar-refractivity contribution is 1.03. The smallest absolute Gasteiger partial charge is 0.107 e. The number of anilines is 1. The molecular formula is C4H7N3S. The first-order valence-electron chi connectivity index (χ1n) is 2.24. The Kier molecular flexibility index (Phi) is 1.45. The zero-order valence-corrected chi connectivity index (χ0v) is 5.11. The van der Waals surface area contributed by atoms with Crippen molar-refractivity contribution in [2.24, 2.45) is 5.73 Å². The zero-order chi connectivity index (χ0) is 5.98. The molecule has 0 unspecified atom stereocenters. The summed E-state index contributed by atoms with van der Waals surface area (Å²) >= 11 is 1.28. The summed E-state index contributed by atoms with van der Waals surface area (Å²) in [5, 5.41) is 0.727. The lowest BCUT2D eigenvalue weighted by atomic mass is 10.4. The maximum atomic E-state index is 5.35. The molecule has 0 saturated carbocycles. The van der Waals surface area contributed by atoms with E-state index in [-0.39, 0.29) is 0 Å². The molecule has 8 heavy (non-hydrogen) atoms. The predicted octanol–water partition coefficient (Wildman–Crippen LogP) is 0.184. The normalized spacial score (nSPS) is 9.62. The SMILES string of the molecule is NCc1cc(N)sn1. The van der Waals surface area contributed by atoms with Crippen LogP contribution >= 0.6 is 11.5 Å². The highest BCUT2D eigenvalue weighted by Crippen LogP contribution is 2.09. The van der Waals surface area contributed by atoms with Crippen molar-refractivity contribution in [2.45, 2.75) is 6.54 Å². The van der Waals surface area contributed by atoms with E-state index in [1.807, 2.05) is 0 Å². The Bertz CT molecular complexity index is 172. The molecule has 0 aliphatic carbocycles. The monoisotopic (exact) mass is 129 g/mol. The fraction of sp³-hybridized carbons (Fsp3) is 0.250. The molecule has 1 aromatic heterocycles. The van der Waals surface area contributed by atoms with Gasteiger partial charge in [0.05, 0.1) is 5.69 Å². The van der Waals surface area contributed by atoms with Crippen molar-refractivity contribution >= 4 is 16.5 Å². The van der Waals surface area contributed by atoms with Gasteiger partial charge in [0.2, 0.25) is 0 Å². The van der Waals surface area contributed by atoms with Crippen molar-refractivity contribution in [1.82, 2.24) is 4.37 Å². The molecule has 1 aromatic rings. The largest absolute Gasteiger partial charge is 0.389 e. The number of rotatable bonds is 1. The van der Waals surface area contributed by atoms with E-state index < -0.39 is 0 Å². The first-order valence-corrected chi connectivity index (χ1v) is 3.01. The summed E-state index contributed by atoms with van der Waals surface area (Å²) in [5.74, 6) is 0. The molecule has 44 valence electrons. The third kappa shape index (κ3) is 0.962. The van der Waals surface area contributed by atoms with Gasteiger partial charge in [0, 0.05) is 6.54 Å². The van der Waals surface area contributed by atoms with E-state index in [4.69, 9.17) is 11.5 Å². The van der Waals surface area contributed by atoms with Crippen LogP contribution in [0.2, 0.25) is 0 Å². The molecule has 4 N–H and O–H groups in total. The minimum atomic E-state index is 0.480. The van der Waals surface area contributed by atoms with Gasteiger partial charge in [-0.3, -0.25) is 0 Å². The van der Waals surface area contributed by atoms with Crippen LogP contribution in [-0.4, -0.2) is 4.37 Å². The van der Waals surface area contributed by atoms with Gasteiger partial charge in [0.15, 0.2) is 0 Å². The fourth-order valence-corrected chi connectivity index (χ4v) is 0.963. The van der Waals surface area contributed by atoms with Crippen molar-refractivity contribution in [1.29, 1.82) is 0 Å². The van der Waals surface area contributed by atoms with Gasteiger partial charge in [0.25, 0.3) is 0 Å². The maximum absolute atomic E-state index is 5.35. The first-order chi connectivity index (χ1) is 3.83. The summed E-state index contributed by atoms with van der Waals surface area (Å²) in [6, 6.07) is 1.78. The number of nitrogens with zero attached hydrogens (tertiary/aromatic N) is 1. The average Bonchev–Trinajstić information content (AvgIpc) is 2.14. The number of nitrogens with two attached hydrogens (primary N) is 2. The molecule has 0 aliphatic rings. The number of aromatic nitrogens is 1. The molecule has 0 atom stereocenters. The topological polar surface area (TPSA) is 64.9 Å². The highest BCUT2D eigenvalue weighted by atomic mass is 32.1. The summed E-state index contributed by atoms with van der Waals surface area (Å²) in [5.41, 5.74) is 11.5. The molecule has 0 aromatic carbocycles. The van der Waals surface area contributed by atoms with Crippen molar-refractivity contribution in [3.8, 4) is 0 Å². The molecule has 0 aliphatic heterocycles. The maximum Gasteiger partial charge on any atom is 0.107 e. The molecule has 0 radical (unpaired) electrons. The van der Waals surface area contributed by atoms with Crippen LogP contribution < -0.4 is 11.5 Å². The minimum absolute atomic E-state index is 0.480. The Morgan fingerprint density at radius 2 is 2.50 bits per heavy atom. The fourth-order valence-electron chi connectivity index (χ4n) is 0.424. The molecule has 0 spiro atoms. The van der Waals surface area contributed by atoms with Gasteiger partial charge >= 0.3 is 0 Å². The number of nitrogen functional groups attached to an aromatic ring is 1. The lowest BCUT2D eigenvalue weighted by Crippen LogP contribution is -1.94. The summed E-state index contributed by atoms with van der Waals surface area (Å²) in [6.45, 7) is 0.480. The van der Waals surface area contributed by atoms with E-state index >= 15 is 0 Å². The van der Waals surface area contributed by atoms with Crippen LogP contribution in [0.4, 0.5) is 5.00 Å². The minimum Gasteiger partial charge on any atom is -0.389 e. The van der Waals surface area contributed by atoms with E-state index in [1.54, 1.807) is 6.07 Å². The van der Waals surface area contributed by atoms with Crippen LogP contribution in [0.25, 0.3) is 0 Å². The Morgan fingerprint density at radius 3 is 2.75 bits per heavy atom. The third-order valence-corrected chi connectivity index (χ3v) is 1.44. The molecule has 0 saturated heterocycles. The van der Waals surface area contributed by atoms with Crippen LogP contribution in [0.5, 0.6) is 0 Å². The van der Waals surface area contributed by atoms with Gasteiger partial charge in [-0.15, -0.1) is 0 Å². The summed E-state index contributed by atoms with van der Waals surface area (Å²) < 4.78 is 3.93. The predicted molar refractivity (Wildman–Crippen MR) is 34.4 cm³/mol. The van der Waals surface area contributed by atoms with Crippen LogP contribution in [0.15, 0.2) is 6.07 Å². The van der Waals surface area contributed by atoms with Gasteiger partial charge in [-0.2, -0.15) is 4.37 Å². The van der Waals surface area contributed by atoms with Crippen molar-refractivity contribution in [2.75, 3.05) is 5.73 Å². The molecule has 0 fully saturated rings. The Hall–Kier alpha value is -0.610. The van der Waals surface area contributed by atoms with Gasteiger partial charge in [-0.1, -0.05) is 0 Å². The summed E-state index contributed by atoms with van der Waals surface area (Å²) in [6.07, 6.45) is 0. The Labute approximate surface area is 51.5 Å². The second-order valence-electron chi connectivity index (χ2n) is 1.42. The third-order valence-electron chi connectivity index (χ3n) is 0.786. The van der Waals surface area contributed by atoms with Gasteiger partial charge in [-0.25, -0.2) is 0 Å². The van der Waals surface area contributed by atoms with Crippen molar-refractivity contribution in [3.05, 3.63) is 11.8 Å². The second kappa shape index (κ2) is 2.11. The van der Waals surface area contributed by atoms with Crippen LogP contribution in [-0.2, 0) is 6.54 Å². The number of hydrogen-bond donors (Lipinski definition) is 2. The highest BCUT2D eigenvalue weighted by molar-refractivity contribution is 7.09. The average molecular weight is 129 g/mol. The quantitative estimate of drug-likeness (QED) is 0.568. The zero-order valence-electron chi connectivity index (χ0n) is 4.29. The molecule has 3 nitrogen and oxygen atoms in total. The van der Waals surface area contributed by atoms with E-state index in [2.05, 4.69) is 4.37 Å². The molecule has 0 bridgehead atoms. The summed E-state index contributed by atoms with van der Waals surface area (Å²) in [7, 11) is 0. The standard InChI is InChI=1S/C4H7N3S/c5-2-3-1-4(6)8-7-3/h1H,2,5-6H2. The van der Waals surface area contributed by atoms with E-state index in [0.29, 0.717) is 6.54 Å². The van der Waals surface area contributed by atoms with Crippen LogP contribution in [0.3, 0.4) is 0 Å². The molecule has 4 heteroatoms. The summed E-state index contributed by atoms with van der Waals surface area (Å²) in [4.78, 5) is 0.